The Bertz CT molecular complexity index is 1240. The second kappa shape index (κ2) is 13.4. The number of hydrogen-bond acceptors (Lipinski definition) is 9. The Hall–Kier alpha value is -4.19. The highest BCUT2D eigenvalue weighted by Gasteiger charge is 2.29. The molecule has 0 fully saturated rings. The molecule has 1 aromatic carbocycles. The Labute approximate surface area is 219 Å². The molecule has 0 aliphatic carbocycles. The quantitative estimate of drug-likeness (QED) is 0.307. The Kier molecular flexibility index (Phi) is 9.99. The van der Waals surface area contributed by atoms with Crippen molar-refractivity contribution in [2.75, 3.05) is 20.3 Å². The molecule has 0 bridgehead atoms. The summed E-state index contributed by atoms with van der Waals surface area (Å²) in [5.74, 6) is 0.0605. The normalized spacial score (nSPS) is 13.8. The third-order valence-corrected chi connectivity index (χ3v) is 5.51. The average molecular weight is 527 g/mol. The number of aryl methyl sites for hydroxylation is 1. The van der Waals surface area contributed by atoms with Gasteiger partial charge in [0, 0.05) is 24.8 Å². The van der Waals surface area contributed by atoms with E-state index in [1.807, 2.05) is 61.7 Å². The van der Waals surface area contributed by atoms with Gasteiger partial charge in [0.25, 0.3) is 0 Å². The molecule has 11 nitrogen and oxygen atoms in total. The number of aliphatic carboxylic acids is 2. The van der Waals surface area contributed by atoms with Crippen LogP contribution in [0.25, 0.3) is 6.08 Å². The number of aromatic nitrogens is 1. The summed E-state index contributed by atoms with van der Waals surface area (Å²) >= 11 is 0. The second-order valence-electron chi connectivity index (χ2n) is 8.54. The fourth-order valence-corrected chi connectivity index (χ4v) is 3.66. The van der Waals surface area contributed by atoms with Crippen LogP contribution < -0.4 is 9.47 Å². The van der Waals surface area contributed by atoms with E-state index in [1.165, 1.54) is 5.57 Å². The number of rotatable bonds is 10. The average Bonchev–Trinajstić information content (AvgIpc) is 3.32. The van der Waals surface area contributed by atoms with Gasteiger partial charge in [-0.2, -0.15) is 0 Å². The van der Waals surface area contributed by atoms with Crippen LogP contribution in [-0.4, -0.2) is 74.7 Å². The third-order valence-electron chi connectivity index (χ3n) is 5.51. The lowest BCUT2D eigenvalue weighted by Crippen LogP contribution is -2.39. The summed E-state index contributed by atoms with van der Waals surface area (Å²) in [6, 6.07) is 15.9. The number of carboxylic acid groups (broad SMARTS) is 2. The van der Waals surface area contributed by atoms with Gasteiger partial charge in [-0.1, -0.05) is 6.07 Å². The Morgan fingerprint density at radius 2 is 1.76 bits per heavy atom. The van der Waals surface area contributed by atoms with Crippen molar-refractivity contribution in [3.8, 4) is 11.5 Å². The van der Waals surface area contributed by atoms with Crippen molar-refractivity contribution < 1.29 is 43.9 Å². The van der Waals surface area contributed by atoms with Gasteiger partial charge in [0.2, 0.25) is 0 Å². The first-order valence-electron chi connectivity index (χ1n) is 11.7. The van der Waals surface area contributed by atoms with Crippen LogP contribution in [0, 0.1) is 6.92 Å². The molecule has 0 radical (unpaired) electrons. The van der Waals surface area contributed by atoms with Crippen LogP contribution in [0.1, 0.15) is 22.8 Å². The summed E-state index contributed by atoms with van der Waals surface area (Å²) in [5, 5.41) is 32.5. The molecule has 4 N–H and O–H groups in total. The van der Waals surface area contributed by atoms with Crippen LogP contribution in [-0.2, 0) is 22.7 Å². The monoisotopic (exact) mass is 526 g/mol. The molecule has 0 saturated heterocycles. The van der Waals surface area contributed by atoms with E-state index in [0.29, 0.717) is 13.2 Å². The molecule has 2 atom stereocenters. The maximum absolute atomic E-state index is 9.77. The number of hydrogen-bond donors (Lipinski definition) is 4. The number of pyridine rings is 1. The van der Waals surface area contributed by atoms with Crippen LogP contribution in [0.5, 0.6) is 11.5 Å². The fraction of sp³-hybridized carbons (Fsp3) is 0.296. The van der Waals surface area contributed by atoms with Crippen molar-refractivity contribution in [1.82, 2.24) is 9.88 Å². The Morgan fingerprint density at radius 3 is 2.34 bits per heavy atom. The highest BCUT2D eigenvalue weighted by atomic mass is 16.5. The van der Waals surface area contributed by atoms with Gasteiger partial charge in [0.15, 0.2) is 12.2 Å². The van der Waals surface area contributed by atoms with E-state index in [1.54, 1.807) is 7.11 Å². The van der Waals surface area contributed by atoms with E-state index in [2.05, 4.69) is 16.0 Å². The van der Waals surface area contributed by atoms with Gasteiger partial charge in [0.1, 0.15) is 29.6 Å². The van der Waals surface area contributed by atoms with E-state index in [9.17, 15) is 9.59 Å². The zero-order chi connectivity index (χ0) is 27.7. The third kappa shape index (κ3) is 8.17. The van der Waals surface area contributed by atoms with E-state index in [-0.39, 0.29) is 0 Å². The van der Waals surface area contributed by atoms with Gasteiger partial charge in [-0.15, -0.1) is 0 Å². The minimum absolute atomic E-state index is 0.579. The molecule has 1 aliphatic rings. The van der Waals surface area contributed by atoms with Crippen LogP contribution in [0.3, 0.4) is 0 Å². The highest BCUT2D eigenvalue weighted by molar-refractivity contribution is 5.83. The first-order chi connectivity index (χ1) is 18.2. The summed E-state index contributed by atoms with van der Waals surface area (Å²) in [6.07, 6.45) is -0.508. The Balaban J connectivity index is 0.000000342. The lowest BCUT2D eigenvalue weighted by Gasteiger charge is -2.25. The number of methoxy groups -OCH3 is 1. The standard InChI is InChI=1S/C23H24N2O3.C4H6O6/c1-17-6-7-22(28-17)15-25(14-20-5-3-4-10-24-20)13-18-11-19-12-21(26-2)8-9-23(19)27-16-18;5-1(3(7)8)2(6)4(9)10/h3-12H,13-16H2,1-2H3;1-2,5-6H,(H,7,8)(H,9,10). The van der Waals surface area contributed by atoms with Crippen LogP contribution >= 0.6 is 0 Å². The number of carboxylic acids is 2. The van der Waals surface area contributed by atoms with Crippen LogP contribution in [0.4, 0.5) is 0 Å². The number of aliphatic hydroxyl groups is 2. The zero-order valence-corrected chi connectivity index (χ0v) is 21.0. The number of aliphatic hydroxyl groups excluding tert-OH is 2. The van der Waals surface area contributed by atoms with Gasteiger partial charge in [-0.3, -0.25) is 9.88 Å². The minimum atomic E-state index is -2.27. The minimum Gasteiger partial charge on any atom is -0.497 e. The van der Waals surface area contributed by atoms with E-state index < -0.39 is 24.1 Å². The summed E-state index contributed by atoms with van der Waals surface area (Å²) in [7, 11) is 1.68. The molecule has 0 spiro atoms. The lowest BCUT2D eigenvalue weighted by atomic mass is 10.1. The van der Waals surface area contributed by atoms with Crippen molar-refractivity contribution in [3.05, 3.63) is 83.1 Å². The molecule has 3 aromatic rings. The SMILES string of the molecule is COc1ccc2c(c1)C=C(CN(Cc1ccccn1)Cc1ccc(C)o1)CO2.O=C(O)C(O)C(O)C(=O)O. The molecular formula is C27H30N2O9. The summed E-state index contributed by atoms with van der Waals surface area (Å²) in [4.78, 5) is 26.3. The summed E-state index contributed by atoms with van der Waals surface area (Å²) in [6.45, 7) is 4.77. The molecule has 38 heavy (non-hydrogen) atoms. The molecule has 11 heteroatoms. The molecule has 2 unspecified atom stereocenters. The maximum atomic E-state index is 9.77. The topological polar surface area (TPSA) is 163 Å². The predicted molar refractivity (Wildman–Crippen MR) is 136 cm³/mol. The van der Waals surface area contributed by atoms with Crippen molar-refractivity contribution in [2.24, 2.45) is 0 Å². The van der Waals surface area contributed by atoms with Crippen LogP contribution in [0.2, 0.25) is 0 Å². The summed E-state index contributed by atoms with van der Waals surface area (Å²) in [5.41, 5.74) is 3.29. The predicted octanol–water partition coefficient (Wildman–Crippen LogP) is 2.35. The van der Waals surface area contributed by atoms with Crippen molar-refractivity contribution in [2.45, 2.75) is 32.2 Å². The highest BCUT2D eigenvalue weighted by Crippen LogP contribution is 2.30. The second-order valence-corrected chi connectivity index (χ2v) is 8.54. The lowest BCUT2D eigenvalue weighted by molar-refractivity contribution is -0.165. The molecule has 3 heterocycles. The van der Waals surface area contributed by atoms with Gasteiger partial charge >= 0.3 is 11.9 Å². The maximum Gasteiger partial charge on any atom is 0.335 e. The van der Waals surface area contributed by atoms with Crippen molar-refractivity contribution >= 4 is 18.0 Å². The van der Waals surface area contributed by atoms with E-state index in [4.69, 9.17) is 34.3 Å². The van der Waals surface area contributed by atoms with E-state index >= 15 is 0 Å². The molecule has 0 amide bonds. The van der Waals surface area contributed by atoms with Gasteiger partial charge in [0.05, 0.1) is 19.3 Å². The number of benzene rings is 1. The van der Waals surface area contributed by atoms with Gasteiger partial charge < -0.3 is 34.3 Å². The number of carbonyl (C=O) groups is 2. The molecule has 4 rings (SSSR count). The smallest absolute Gasteiger partial charge is 0.335 e. The number of fused-ring (bicyclic) bond motifs is 1. The molecular weight excluding hydrogens is 496 g/mol. The van der Waals surface area contributed by atoms with Crippen molar-refractivity contribution in [3.63, 3.8) is 0 Å². The van der Waals surface area contributed by atoms with Gasteiger partial charge in [-0.25, -0.2) is 9.59 Å². The zero-order valence-electron chi connectivity index (χ0n) is 21.0. The number of nitrogens with zero attached hydrogens (tertiary/aromatic N) is 2. The largest absolute Gasteiger partial charge is 0.497 e. The van der Waals surface area contributed by atoms with E-state index in [0.717, 1.165) is 47.4 Å². The number of furan rings is 1. The fourth-order valence-electron chi connectivity index (χ4n) is 3.66. The Morgan fingerprint density at radius 1 is 1.03 bits per heavy atom. The van der Waals surface area contributed by atoms with Crippen LogP contribution in [0.15, 0.2) is 64.7 Å². The van der Waals surface area contributed by atoms with Crippen molar-refractivity contribution in [1.29, 1.82) is 0 Å². The first-order valence-corrected chi connectivity index (χ1v) is 11.7. The first kappa shape index (κ1) is 28.4. The molecule has 1 aliphatic heterocycles. The number of ether oxygens (including phenoxy) is 2. The van der Waals surface area contributed by atoms with Gasteiger partial charge in [-0.05, 0) is 61.0 Å². The molecule has 202 valence electrons. The molecule has 2 aromatic heterocycles. The molecule has 0 saturated carbocycles. The summed E-state index contributed by atoms with van der Waals surface area (Å²) < 4.78 is 17.1.